The number of carbonyl (C=O) groups excluding carboxylic acids is 1. The minimum atomic E-state index is -0.988. The second-order valence-electron chi connectivity index (χ2n) is 4.50. The van der Waals surface area contributed by atoms with Crippen LogP contribution in [0.25, 0.3) is 0 Å². The SMILES string of the molecule is Cc1ccc(C)c([N+]2=N[C@H](C(=O)O)CCC2=O)c1. The molecule has 1 aliphatic heterocycles. The molecule has 0 bridgehead atoms. The third-order valence-corrected chi connectivity index (χ3v) is 3.00. The number of carbonyl (C=O) groups is 2. The van der Waals surface area contributed by atoms with Gasteiger partial charge in [-0.1, -0.05) is 12.1 Å². The first-order chi connectivity index (χ1) is 8.49. The molecule has 0 aliphatic carbocycles. The lowest BCUT2D eigenvalue weighted by Gasteiger charge is -2.10. The maximum Gasteiger partial charge on any atom is 0.417 e. The summed E-state index contributed by atoms with van der Waals surface area (Å²) in [5, 5.41) is 13.0. The number of amides is 1. The Balaban J connectivity index is 2.49. The molecule has 0 saturated carbocycles. The Bertz CT molecular complexity index is 549. The summed E-state index contributed by atoms with van der Waals surface area (Å²) in [4.78, 5) is 22.8. The number of rotatable bonds is 2. The highest BCUT2D eigenvalue weighted by atomic mass is 16.4. The van der Waals surface area contributed by atoms with E-state index in [1.54, 1.807) is 0 Å². The van der Waals surface area contributed by atoms with E-state index in [9.17, 15) is 9.59 Å². The van der Waals surface area contributed by atoms with Crippen LogP contribution in [0.1, 0.15) is 24.0 Å². The number of carboxylic acid groups (broad SMARTS) is 1. The summed E-state index contributed by atoms with van der Waals surface area (Å²) in [7, 11) is 0. The van der Waals surface area contributed by atoms with Gasteiger partial charge in [-0.25, -0.2) is 9.59 Å². The Morgan fingerprint density at radius 1 is 1.44 bits per heavy atom. The topological polar surface area (TPSA) is 69.7 Å². The molecule has 5 heteroatoms. The molecule has 0 saturated heterocycles. The van der Waals surface area contributed by atoms with Gasteiger partial charge in [0.2, 0.25) is 11.7 Å². The van der Waals surface area contributed by atoms with Crippen molar-refractivity contribution in [3.63, 3.8) is 0 Å². The van der Waals surface area contributed by atoms with Crippen LogP contribution in [0.4, 0.5) is 5.69 Å². The first-order valence-electron chi connectivity index (χ1n) is 5.83. The molecule has 94 valence electrons. The van der Waals surface area contributed by atoms with E-state index in [0.717, 1.165) is 11.1 Å². The van der Waals surface area contributed by atoms with Crippen LogP contribution in [0, 0.1) is 13.8 Å². The van der Waals surface area contributed by atoms with Crippen molar-refractivity contribution in [3.8, 4) is 0 Å². The summed E-state index contributed by atoms with van der Waals surface area (Å²) in [5.41, 5.74) is 2.59. The molecule has 1 aromatic rings. The Hall–Kier alpha value is -2.04. The van der Waals surface area contributed by atoms with Crippen molar-refractivity contribution in [2.24, 2.45) is 5.11 Å². The van der Waals surface area contributed by atoms with Crippen LogP contribution in [-0.2, 0) is 9.59 Å². The number of benzene rings is 1. The van der Waals surface area contributed by atoms with Crippen LogP contribution in [0.2, 0.25) is 0 Å². The van der Waals surface area contributed by atoms with Crippen molar-refractivity contribution in [1.82, 2.24) is 0 Å². The molecule has 1 aromatic carbocycles. The number of hydrogen-bond acceptors (Lipinski definition) is 3. The normalized spacial score (nSPS) is 19.6. The molecule has 1 N–H and O–H groups in total. The lowest BCUT2D eigenvalue weighted by atomic mass is 10.1. The van der Waals surface area contributed by atoms with Crippen LogP contribution in [0.5, 0.6) is 0 Å². The lowest BCUT2D eigenvalue weighted by molar-refractivity contribution is -0.444. The van der Waals surface area contributed by atoms with E-state index in [4.69, 9.17) is 5.11 Å². The van der Waals surface area contributed by atoms with Gasteiger partial charge in [0.1, 0.15) is 0 Å². The van der Waals surface area contributed by atoms with Gasteiger partial charge in [0.15, 0.2) is 0 Å². The fraction of sp³-hybridized carbons (Fsp3) is 0.385. The lowest BCUT2D eigenvalue weighted by Crippen LogP contribution is -2.30. The molecule has 1 heterocycles. The molecule has 2 rings (SSSR count). The highest BCUT2D eigenvalue weighted by molar-refractivity contribution is 5.77. The maximum atomic E-state index is 11.9. The fourth-order valence-electron chi connectivity index (χ4n) is 1.94. The predicted octanol–water partition coefficient (Wildman–Crippen LogP) is 2.17. The van der Waals surface area contributed by atoms with E-state index in [-0.39, 0.29) is 18.7 Å². The number of azo groups is 2. The summed E-state index contributed by atoms with van der Waals surface area (Å²) in [6, 6.07) is 4.86. The standard InChI is InChI=1S/C13H14N2O3/c1-8-3-4-9(2)11(7-8)15-12(16)6-5-10(14-15)13(17)18/h3-4,7,10H,5-6H2,1-2H3/p+1/t10-/m0/s1. The Kier molecular flexibility index (Phi) is 3.23. The van der Waals surface area contributed by atoms with E-state index in [0.29, 0.717) is 5.69 Å². The van der Waals surface area contributed by atoms with Crippen molar-refractivity contribution >= 4 is 17.6 Å². The maximum absolute atomic E-state index is 11.9. The molecule has 1 atom stereocenters. The summed E-state index contributed by atoms with van der Waals surface area (Å²) in [6.45, 7) is 3.80. The van der Waals surface area contributed by atoms with Gasteiger partial charge in [-0.15, -0.1) is 0 Å². The van der Waals surface area contributed by atoms with E-state index in [1.165, 1.54) is 4.70 Å². The van der Waals surface area contributed by atoms with Gasteiger partial charge in [0.05, 0.1) is 6.42 Å². The van der Waals surface area contributed by atoms with Gasteiger partial charge < -0.3 is 5.11 Å². The van der Waals surface area contributed by atoms with Crippen LogP contribution in [0.15, 0.2) is 23.3 Å². The fourth-order valence-corrected chi connectivity index (χ4v) is 1.94. The first-order valence-corrected chi connectivity index (χ1v) is 5.83. The van der Waals surface area contributed by atoms with Crippen molar-refractivity contribution in [2.75, 3.05) is 0 Å². The summed E-state index contributed by atoms with van der Waals surface area (Å²) in [5.74, 6) is -1.14. The third-order valence-electron chi connectivity index (χ3n) is 3.00. The average Bonchev–Trinajstić information content (AvgIpc) is 2.33. The third kappa shape index (κ3) is 2.30. The smallest absolute Gasteiger partial charge is 0.417 e. The number of hydrogen-bond donors (Lipinski definition) is 1. The van der Waals surface area contributed by atoms with Crippen molar-refractivity contribution < 1.29 is 19.4 Å². The quantitative estimate of drug-likeness (QED) is 0.814. The summed E-state index contributed by atoms with van der Waals surface area (Å²) in [6.07, 6.45) is 0.489. The van der Waals surface area contributed by atoms with Crippen LogP contribution in [0.3, 0.4) is 0 Å². The summed E-state index contributed by atoms with van der Waals surface area (Å²) >= 11 is 0. The van der Waals surface area contributed by atoms with E-state index >= 15 is 0 Å². The number of aliphatic carboxylic acids is 1. The van der Waals surface area contributed by atoms with Crippen molar-refractivity contribution in [2.45, 2.75) is 32.7 Å². The number of aryl methyl sites for hydroxylation is 2. The Labute approximate surface area is 105 Å². The first kappa shape index (κ1) is 12.4. The molecule has 0 unspecified atom stereocenters. The van der Waals surface area contributed by atoms with Crippen molar-refractivity contribution in [1.29, 1.82) is 0 Å². The van der Waals surface area contributed by atoms with Crippen LogP contribution >= 0.6 is 0 Å². The van der Waals surface area contributed by atoms with Crippen molar-refractivity contribution in [3.05, 3.63) is 29.3 Å². The largest absolute Gasteiger partial charge is 0.479 e. The van der Waals surface area contributed by atoms with E-state index in [2.05, 4.69) is 5.11 Å². The molecule has 0 fully saturated rings. The van der Waals surface area contributed by atoms with Gasteiger partial charge in [-0.3, -0.25) is 0 Å². The second-order valence-corrected chi connectivity index (χ2v) is 4.50. The monoisotopic (exact) mass is 247 g/mol. The molecule has 1 amide bonds. The van der Waals surface area contributed by atoms with Gasteiger partial charge >= 0.3 is 11.9 Å². The molecular weight excluding hydrogens is 232 g/mol. The highest BCUT2D eigenvalue weighted by Crippen LogP contribution is 2.24. The van der Waals surface area contributed by atoms with E-state index in [1.807, 2.05) is 32.0 Å². The number of carboxylic acids is 1. The Morgan fingerprint density at radius 2 is 2.17 bits per heavy atom. The van der Waals surface area contributed by atoms with E-state index < -0.39 is 12.0 Å². The highest BCUT2D eigenvalue weighted by Gasteiger charge is 2.35. The predicted molar refractivity (Wildman–Crippen MR) is 63.9 cm³/mol. The molecule has 0 radical (unpaired) electrons. The average molecular weight is 247 g/mol. The zero-order valence-electron chi connectivity index (χ0n) is 10.4. The van der Waals surface area contributed by atoms with Gasteiger partial charge in [-0.05, 0) is 35.6 Å². The Morgan fingerprint density at radius 3 is 2.83 bits per heavy atom. The van der Waals surface area contributed by atoms with Crippen LogP contribution in [-0.4, -0.2) is 27.7 Å². The summed E-state index contributed by atoms with van der Waals surface area (Å²) < 4.78 is 1.24. The molecule has 1 aliphatic rings. The van der Waals surface area contributed by atoms with Gasteiger partial charge in [0.25, 0.3) is 0 Å². The zero-order chi connectivity index (χ0) is 13.3. The minimum absolute atomic E-state index is 0.152. The second kappa shape index (κ2) is 4.68. The molecule has 18 heavy (non-hydrogen) atoms. The van der Waals surface area contributed by atoms with Gasteiger partial charge in [-0.2, -0.15) is 0 Å². The zero-order valence-corrected chi connectivity index (χ0v) is 10.4. The minimum Gasteiger partial charge on any atom is -0.479 e. The molecule has 0 spiro atoms. The van der Waals surface area contributed by atoms with Gasteiger partial charge in [0, 0.05) is 11.6 Å². The molecular formula is C13H15N2O3+. The number of nitrogens with zero attached hydrogens (tertiary/aromatic N) is 2. The molecule has 5 nitrogen and oxygen atoms in total. The molecule has 0 aromatic heterocycles. The van der Waals surface area contributed by atoms with Crippen LogP contribution < -0.4 is 0 Å².